The van der Waals surface area contributed by atoms with Crippen molar-refractivity contribution in [1.29, 1.82) is 0 Å². The molecule has 0 aliphatic carbocycles. The SMILES string of the molecule is B.F.F.F.[SiH4]. The predicted molar refractivity (Wildman–Crippen MR) is 28.8 cm³/mol. The third-order valence-electron chi connectivity index (χ3n) is 0. The van der Waals surface area contributed by atoms with E-state index in [9.17, 15) is 0 Å². The van der Waals surface area contributed by atoms with Gasteiger partial charge in [0.1, 0.15) is 0 Å². The van der Waals surface area contributed by atoms with Crippen LogP contribution in [-0.4, -0.2) is 19.4 Å². The standard InChI is InChI=1S/BH3.3FH.H4Si/h1H3;3*1H;1H4. The lowest BCUT2D eigenvalue weighted by Crippen LogP contribution is -0.382. The third kappa shape index (κ3) is 3390. The van der Waals surface area contributed by atoms with Gasteiger partial charge in [-0.05, 0) is 11.0 Å². The zero-order chi connectivity index (χ0) is 0. The van der Waals surface area contributed by atoms with E-state index in [-0.39, 0.29) is 33.5 Å². The quantitative estimate of drug-likeness (QED) is 0.308. The molecule has 0 spiro atoms. The average molecular weight is 106 g/mol. The fourth-order valence-electron chi connectivity index (χ4n) is 0. The molecule has 0 bridgehead atoms. The lowest BCUT2D eigenvalue weighted by molar-refractivity contribution is 1.11. The normalized spacial score (nSPS) is 0. The summed E-state index contributed by atoms with van der Waals surface area (Å²) in [5, 5.41) is 0. The van der Waals surface area contributed by atoms with Gasteiger partial charge in [-0.15, -0.1) is 0 Å². The highest BCUT2D eigenvalue weighted by Gasteiger charge is 0.0814. The minimum atomic E-state index is 0. The maximum absolute atomic E-state index is 0. The van der Waals surface area contributed by atoms with Crippen molar-refractivity contribution in [1.82, 2.24) is 0 Å². The Bertz CT molecular complexity index is 6.85. The van der Waals surface area contributed by atoms with Gasteiger partial charge in [0.25, 0.3) is 0 Å². The first kappa shape index (κ1) is 16300. The largest absolute Gasteiger partial charge is 0.269 e. The van der Waals surface area contributed by atoms with Gasteiger partial charge in [-0.25, -0.2) is 0 Å². The van der Waals surface area contributed by atoms with E-state index in [0.29, 0.717) is 0 Å². The van der Waals surface area contributed by atoms with Crippen LogP contribution in [0, 0.1) is 0 Å². The minimum Gasteiger partial charge on any atom is -0.269 e. The summed E-state index contributed by atoms with van der Waals surface area (Å²) in [6.07, 6.45) is 0. The number of halogens is 3. The molecule has 0 nitrogen and oxygen atoms in total. The molecule has 38 valence electrons. The summed E-state index contributed by atoms with van der Waals surface area (Å²) in [5.74, 6) is 0. The summed E-state index contributed by atoms with van der Waals surface area (Å²) in [7, 11) is 0. The number of hydrogen-bond donors (Lipinski definition) is 0. The molecule has 0 saturated heterocycles. The van der Waals surface area contributed by atoms with Gasteiger partial charge < -0.3 is 0 Å². The van der Waals surface area contributed by atoms with E-state index in [4.69, 9.17) is 0 Å². The highest BCUT2D eigenvalue weighted by Crippen LogP contribution is 0.422. The Labute approximate surface area is 34.7 Å². The highest BCUT2D eigenvalue weighted by molar-refractivity contribution is 5.76. The molecule has 0 aromatic heterocycles. The van der Waals surface area contributed by atoms with Crippen molar-refractivity contribution in [2.45, 2.75) is 0 Å². The van der Waals surface area contributed by atoms with Crippen LogP contribution in [0.5, 0.6) is 0 Å². The molecule has 0 saturated carbocycles. The summed E-state index contributed by atoms with van der Waals surface area (Å²) in [6, 6.07) is 0. The molecular formula is H10BF3Si. The Morgan fingerprint density at radius 1 is 0.600 bits per heavy atom. The van der Waals surface area contributed by atoms with Crippen molar-refractivity contribution in [3.05, 3.63) is 0 Å². The van der Waals surface area contributed by atoms with Crippen LogP contribution in [-0.2, 0) is 0 Å². The van der Waals surface area contributed by atoms with E-state index in [2.05, 4.69) is 0 Å². The molecule has 0 heterocycles. The van der Waals surface area contributed by atoms with Crippen molar-refractivity contribution < 1.29 is 14.1 Å². The van der Waals surface area contributed by atoms with Crippen LogP contribution >= 0.6 is 0 Å². The molecule has 0 rings (SSSR count). The van der Waals surface area contributed by atoms with E-state index in [1.807, 2.05) is 0 Å². The molecule has 0 aromatic carbocycles. The maximum Gasteiger partial charge on any atom is 0.0814 e. The van der Waals surface area contributed by atoms with Crippen LogP contribution in [0.3, 0.4) is 0 Å². The molecule has 5 heavy (non-hydrogen) atoms. The summed E-state index contributed by atoms with van der Waals surface area (Å²) >= 11 is 0. The van der Waals surface area contributed by atoms with E-state index in [1.54, 1.807) is 0 Å². The molecule has 0 aliphatic rings. The zero-order valence-electron chi connectivity index (χ0n) is 1.22. The molecule has 0 aliphatic heterocycles. The van der Waals surface area contributed by atoms with Gasteiger partial charge in [0.2, 0.25) is 0 Å². The van der Waals surface area contributed by atoms with Crippen molar-refractivity contribution in [2.24, 2.45) is 0 Å². The second-order valence-electron chi connectivity index (χ2n) is 0. The van der Waals surface area contributed by atoms with Crippen LogP contribution in [0.2, 0.25) is 0 Å². The van der Waals surface area contributed by atoms with Crippen LogP contribution < -0.4 is 0 Å². The van der Waals surface area contributed by atoms with E-state index in [1.165, 1.54) is 0 Å². The Kier molecular flexibility index (Phi) is 24300000. The smallest absolute Gasteiger partial charge is 0.0814 e. The Balaban J connectivity index is 0. The van der Waals surface area contributed by atoms with Crippen LogP contribution in [0.15, 0.2) is 0 Å². The van der Waals surface area contributed by atoms with Crippen molar-refractivity contribution in [3.63, 3.8) is 0 Å². The summed E-state index contributed by atoms with van der Waals surface area (Å²) in [4.78, 5) is 0. The summed E-state index contributed by atoms with van der Waals surface area (Å²) < 4.78 is 0. The number of hydrogen-bond acceptors (Lipinski definition) is 0. The first-order valence-corrected chi connectivity index (χ1v) is 0. The fraction of sp³-hybridized carbons (Fsp3) is 0. The van der Waals surface area contributed by atoms with Crippen molar-refractivity contribution >= 4 is 19.4 Å². The first-order valence-electron chi connectivity index (χ1n) is 0. The van der Waals surface area contributed by atoms with Crippen molar-refractivity contribution in [2.75, 3.05) is 0 Å². The second kappa shape index (κ2) is 7450. The molecular weight excluding hydrogens is 95.9 g/mol. The molecule has 0 radical (unpaired) electrons. The fourth-order valence-corrected chi connectivity index (χ4v) is 0. The molecule has 0 aromatic rings. The summed E-state index contributed by atoms with van der Waals surface area (Å²) in [5.41, 5.74) is 0. The lowest BCUT2D eigenvalue weighted by atomic mass is 10.8. The molecule has 0 fully saturated rings. The predicted octanol–water partition coefficient (Wildman–Crippen LogP) is -2.18. The minimum absolute atomic E-state index is 0. The zero-order valence-corrected chi connectivity index (χ0v) is 1.22. The third-order valence-corrected chi connectivity index (χ3v) is 0. The maximum atomic E-state index is 0. The molecule has 0 N–H and O–H groups in total. The van der Waals surface area contributed by atoms with E-state index >= 15 is 0 Å². The van der Waals surface area contributed by atoms with Gasteiger partial charge in [-0.1, -0.05) is 0 Å². The van der Waals surface area contributed by atoms with Crippen LogP contribution in [0.1, 0.15) is 0 Å². The first-order chi connectivity index (χ1) is 0. The van der Waals surface area contributed by atoms with E-state index in [0.717, 1.165) is 0 Å². The van der Waals surface area contributed by atoms with Crippen molar-refractivity contribution in [3.8, 4) is 0 Å². The van der Waals surface area contributed by atoms with Gasteiger partial charge in [0.15, 0.2) is 0 Å². The summed E-state index contributed by atoms with van der Waals surface area (Å²) in [6.45, 7) is 0. The second-order valence-corrected chi connectivity index (χ2v) is 0. The average Bonchev–Trinajstić information content (AvgIpc) is 0. The molecule has 0 atom stereocenters. The molecule has 0 unspecified atom stereocenters. The Hall–Kier alpha value is 0.0718. The van der Waals surface area contributed by atoms with Crippen LogP contribution in [0.4, 0.5) is 14.1 Å². The topological polar surface area (TPSA) is 0 Å². The van der Waals surface area contributed by atoms with Gasteiger partial charge in [0.05, 0.1) is 8.41 Å². The Morgan fingerprint density at radius 3 is 0.600 bits per heavy atom. The van der Waals surface area contributed by atoms with Gasteiger partial charge in [-0.3, -0.25) is 14.1 Å². The van der Waals surface area contributed by atoms with Gasteiger partial charge in [0, 0.05) is 0 Å². The van der Waals surface area contributed by atoms with E-state index < -0.39 is 0 Å². The molecule has 5 heteroatoms. The molecule has 0 amide bonds. The lowest BCUT2D eigenvalue weighted by Gasteiger charge is -0.270. The highest BCUT2D eigenvalue weighted by atomic mass is 28.1. The Morgan fingerprint density at radius 2 is 0.600 bits per heavy atom. The van der Waals surface area contributed by atoms with Gasteiger partial charge in [-0.2, -0.15) is 0 Å². The van der Waals surface area contributed by atoms with Gasteiger partial charge >= 0.3 is 0 Å². The van der Waals surface area contributed by atoms with Crippen LogP contribution in [0.25, 0.3) is 0 Å². The monoisotopic (exact) mass is 106 g/mol. The number of rotatable bonds is 0.